The summed E-state index contributed by atoms with van der Waals surface area (Å²) in [6, 6.07) is 6.28. The van der Waals surface area contributed by atoms with Crippen molar-refractivity contribution in [3.8, 4) is 11.1 Å². The highest BCUT2D eigenvalue weighted by atomic mass is 16.6. The van der Waals surface area contributed by atoms with E-state index >= 15 is 0 Å². The van der Waals surface area contributed by atoms with Crippen LogP contribution in [0.5, 0.6) is 0 Å². The fourth-order valence-electron chi connectivity index (χ4n) is 2.17. The maximum atomic E-state index is 11.8. The van der Waals surface area contributed by atoms with Gasteiger partial charge in [0.25, 0.3) is 0 Å². The third kappa shape index (κ3) is 5.87. The first-order chi connectivity index (χ1) is 11.7. The fourth-order valence-corrected chi connectivity index (χ4v) is 2.17. The van der Waals surface area contributed by atoms with Gasteiger partial charge in [-0.3, -0.25) is 0 Å². The molecule has 1 aromatic heterocycles. The molecule has 0 spiro atoms. The van der Waals surface area contributed by atoms with Crippen LogP contribution in [0.2, 0.25) is 0 Å². The van der Waals surface area contributed by atoms with E-state index in [1.54, 1.807) is 33.2 Å². The molecular weight excluding hydrogens is 322 g/mol. The smallest absolute Gasteiger partial charge is 0.408 e. The zero-order valence-corrected chi connectivity index (χ0v) is 14.4. The molecule has 7 heteroatoms. The van der Waals surface area contributed by atoms with Gasteiger partial charge in [0.2, 0.25) is 0 Å². The third-order valence-corrected chi connectivity index (χ3v) is 3.28. The molecule has 1 atom stereocenters. The van der Waals surface area contributed by atoms with Crippen LogP contribution in [-0.2, 0) is 16.0 Å². The van der Waals surface area contributed by atoms with Crippen molar-refractivity contribution in [3.63, 3.8) is 0 Å². The van der Waals surface area contributed by atoms with E-state index in [1.807, 2.05) is 24.3 Å². The molecule has 1 heterocycles. The maximum absolute atomic E-state index is 11.8. The normalized spacial score (nSPS) is 12.3. The Morgan fingerprint density at radius 3 is 2.24 bits per heavy atom. The number of rotatable bonds is 5. The number of aromatic nitrogens is 2. The Kier molecular flexibility index (Phi) is 5.69. The summed E-state index contributed by atoms with van der Waals surface area (Å²) in [5.41, 5.74) is 1.89. The lowest BCUT2D eigenvalue weighted by Gasteiger charge is -2.22. The molecule has 0 fully saturated rings. The zero-order valence-electron chi connectivity index (χ0n) is 14.4. The molecule has 0 bridgehead atoms. The highest BCUT2D eigenvalue weighted by molar-refractivity contribution is 5.80. The molecule has 0 aliphatic heterocycles. The summed E-state index contributed by atoms with van der Waals surface area (Å²) in [6.45, 7) is 5.15. The number of ether oxygens (including phenoxy) is 1. The van der Waals surface area contributed by atoms with Gasteiger partial charge in [0.05, 0.1) is 0 Å². The minimum atomic E-state index is -1.12. The minimum Gasteiger partial charge on any atom is -0.480 e. The zero-order chi connectivity index (χ0) is 18.4. The molecule has 0 saturated heterocycles. The first-order valence-corrected chi connectivity index (χ1v) is 7.81. The molecule has 2 aromatic rings. The van der Waals surface area contributed by atoms with Crippen LogP contribution in [0, 0.1) is 0 Å². The van der Waals surface area contributed by atoms with E-state index in [9.17, 15) is 14.7 Å². The Balaban J connectivity index is 2.04. The number of carboxylic acids is 1. The van der Waals surface area contributed by atoms with Gasteiger partial charge in [0.15, 0.2) is 0 Å². The second-order valence-electron chi connectivity index (χ2n) is 6.57. The van der Waals surface area contributed by atoms with Gasteiger partial charge in [-0.25, -0.2) is 19.6 Å². The van der Waals surface area contributed by atoms with Crippen molar-refractivity contribution in [2.75, 3.05) is 0 Å². The number of benzene rings is 1. The molecule has 2 rings (SSSR count). The Hall–Kier alpha value is -2.96. The van der Waals surface area contributed by atoms with Crippen molar-refractivity contribution in [3.05, 3.63) is 48.5 Å². The van der Waals surface area contributed by atoms with Crippen LogP contribution >= 0.6 is 0 Å². The summed E-state index contributed by atoms with van der Waals surface area (Å²) < 4.78 is 5.11. The van der Waals surface area contributed by atoms with Gasteiger partial charge in [-0.15, -0.1) is 0 Å². The SMILES string of the molecule is CC(C)(C)OC(=O)NC(Cc1ccc(-c2cncnc2)cc1)C(=O)O. The largest absolute Gasteiger partial charge is 0.480 e. The number of nitrogens with one attached hydrogen (secondary N) is 1. The summed E-state index contributed by atoms with van der Waals surface area (Å²) in [7, 11) is 0. The van der Waals surface area contributed by atoms with Gasteiger partial charge >= 0.3 is 12.1 Å². The van der Waals surface area contributed by atoms with Crippen LogP contribution in [0.1, 0.15) is 26.3 Å². The Morgan fingerprint density at radius 2 is 1.72 bits per heavy atom. The summed E-state index contributed by atoms with van der Waals surface area (Å²) in [5.74, 6) is -1.12. The van der Waals surface area contributed by atoms with E-state index in [-0.39, 0.29) is 6.42 Å². The molecular formula is C18H21N3O4. The van der Waals surface area contributed by atoms with Crippen LogP contribution in [0.4, 0.5) is 4.79 Å². The number of alkyl carbamates (subject to hydrolysis) is 1. The number of carbonyl (C=O) groups excluding carboxylic acids is 1. The lowest BCUT2D eigenvalue weighted by molar-refractivity contribution is -0.139. The summed E-state index contributed by atoms with van der Waals surface area (Å²) in [6.07, 6.45) is 4.26. The Labute approximate surface area is 146 Å². The van der Waals surface area contributed by atoms with Crippen molar-refractivity contribution in [2.45, 2.75) is 38.8 Å². The van der Waals surface area contributed by atoms with Crippen molar-refractivity contribution in [2.24, 2.45) is 0 Å². The van der Waals surface area contributed by atoms with E-state index in [2.05, 4.69) is 15.3 Å². The van der Waals surface area contributed by atoms with Crippen LogP contribution in [0.15, 0.2) is 43.0 Å². The minimum absolute atomic E-state index is 0.153. The van der Waals surface area contributed by atoms with Gasteiger partial charge in [-0.2, -0.15) is 0 Å². The number of hydrogen-bond acceptors (Lipinski definition) is 5. The lowest BCUT2D eigenvalue weighted by Crippen LogP contribution is -2.44. The van der Waals surface area contributed by atoms with Crippen molar-refractivity contribution < 1.29 is 19.4 Å². The second-order valence-corrected chi connectivity index (χ2v) is 6.57. The van der Waals surface area contributed by atoms with Gasteiger partial charge in [0, 0.05) is 24.4 Å². The molecule has 0 saturated carbocycles. The number of aliphatic carboxylic acids is 1. The topological polar surface area (TPSA) is 101 Å². The van der Waals surface area contributed by atoms with Crippen LogP contribution in [-0.4, -0.2) is 38.8 Å². The summed E-state index contributed by atoms with van der Waals surface area (Å²) >= 11 is 0. The first kappa shape index (κ1) is 18.4. The van der Waals surface area contributed by atoms with Crippen molar-refractivity contribution in [1.82, 2.24) is 15.3 Å². The molecule has 7 nitrogen and oxygen atoms in total. The third-order valence-electron chi connectivity index (χ3n) is 3.28. The lowest BCUT2D eigenvalue weighted by atomic mass is 10.0. The monoisotopic (exact) mass is 343 g/mol. The number of hydrogen-bond donors (Lipinski definition) is 2. The van der Waals surface area contributed by atoms with E-state index in [0.717, 1.165) is 16.7 Å². The predicted molar refractivity (Wildman–Crippen MR) is 92.0 cm³/mol. The average molecular weight is 343 g/mol. The van der Waals surface area contributed by atoms with Gasteiger partial charge in [0.1, 0.15) is 18.0 Å². The van der Waals surface area contributed by atoms with Gasteiger partial charge in [-0.05, 0) is 31.9 Å². The number of nitrogens with zero attached hydrogens (tertiary/aromatic N) is 2. The standard InChI is InChI=1S/C18H21N3O4/c1-18(2,3)25-17(24)21-15(16(22)23)8-12-4-6-13(7-5-12)14-9-19-11-20-10-14/h4-7,9-11,15H,8H2,1-3H3,(H,21,24)(H,22,23). The van der Waals surface area contributed by atoms with Crippen LogP contribution in [0.3, 0.4) is 0 Å². The molecule has 1 unspecified atom stereocenters. The van der Waals surface area contributed by atoms with E-state index in [4.69, 9.17) is 4.74 Å². The molecule has 1 aromatic carbocycles. The highest BCUT2D eigenvalue weighted by Gasteiger charge is 2.24. The summed E-state index contributed by atoms with van der Waals surface area (Å²) in [5, 5.41) is 11.7. The van der Waals surface area contributed by atoms with E-state index in [1.165, 1.54) is 6.33 Å². The maximum Gasteiger partial charge on any atom is 0.408 e. The Bertz CT molecular complexity index is 724. The molecule has 0 aliphatic rings. The van der Waals surface area contributed by atoms with Crippen LogP contribution in [0.25, 0.3) is 11.1 Å². The summed E-state index contributed by atoms with van der Waals surface area (Å²) in [4.78, 5) is 31.1. The molecule has 25 heavy (non-hydrogen) atoms. The van der Waals surface area contributed by atoms with E-state index in [0.29, 0.717) is 0 Å². The molecule has 0 aliphatic carbocycles. The first-order valence-electron chi connectivity index (χ1n) is 7.81. The highest BCUT2D eigenvalue weighted by Crippen LogP contribution is 2.18. The van der Waals surface area contributed by atoms with Crippen molar-refractivity contribution >= 4 is 12.1 Å². The molecule has 1 amide bonds. The number of amides is 1. The molecule has 2 N–H and O–H groups in total. The second kappa shape index (κ2) is 7.74. The quantitative estimate of drug-likeness (QED) is 0.865. The number of carbonyl (C=O) groups is 2. The number of carboxylic acid groups (broad SMARTS) is 1. The Morgan fingerprint density at radius 1 is 1.12 bits per heavy atom. The van der Waals surface area contributed by atoms with Gasteiger partial charge < -0.3 is 15.2 Å². The molecule has 132 valence electrons. The molecule has 0 radical (unpaired) electrons. The van der Waals surface area contributed by atoms with Crippen molar-refractivity contribution in [1.29, 1.82) is 0 Å². The van der Waals surface area contributed by atoms with Gasteiger partial charge in [-0.1, -0.05) is 24.3 Å². The average Bonchev–Trinajstić information content (AvgIpc) is 2.54. The predicted octanol–water partition coefficient (Wildman–Crippen LogP) is 2.66. The fraction of sp³-hybridized carbons (Fsp3) is 0.333. The van der Waals surface area contributed by atoms with E-state index < -0.39 is 23.7 Å². The van der Waals surface area contributed by atoms with Crippen LogP contribution < -0.4 is 5.32 Å².